The summed E-state index contributed by atoms with van der Waals surface area (Å²) in [6, 6.07) is 13.5. The van der Waals surface area contributed by atoms with Crippen molar-refractivity contribution in [3.05, 3.63) is 54.1 Å². The fraction of sp³-hybridized carbons (Fsp3) is 0.286. The van der Waals surface area contributed by atoms with Crippen LogP contribution in [0.3, 0.4) is 0 Å². The van der Waals surface area contributed by atoms with Crippen molar-refractivity contribution in [2.24, 2.45) is 0 Å². The molecule has 7 nitrogen and oxygen atoms in total. The summed E-state index contributed by atoms with van der Waals surface area (Å²) in [5.74, 6) is 0.0185. The van der Waals surface area contributed by atoms with Gasteiger partial charge >= 0.3 is 0 Å². The second kappa shape index (κ2) is 10.1. The van der Waals surface area contributed by atoms with Gasteiger partial charge in [-0.3, -0.25) is 14.4 Å². The van der Waals surface area contributed by atoms with E-state index in [1.165, 1.54) is 6.92 Å². The molecule has 0 heterocycles. The van der Waals surface area contributed by atoms with Crippen LogP contribution in [0.25, 0.3) is 0 Å². The van der Waals surface area contributed by atoms with Crippen molar-refractivity contribution in [1.29, 1.82) is 0 Å². The smallest absolute Gasteiger partial charge is 0.262 e. The molecule has 0 fully saturated rings. The zero-order valence-corrected chi connectivity index (χ0v) is 16.3. The van der Waals surface area contributed by atoms with Crippen LogP contribution in [0.4, 0.5) is 11.4 Å². The highest BCUT2D eigenvalue weighted by Gasteiger charge is 2.12. The molecular weight excluding hydrogens is 358 g/mol. The lowest BCUT2D eigenvalue weighted by Crippen LogP contribution is -2.30. The number of nitrogens with one attached hydrogen (secondary N) is 2. The molecule has 0 saturated carbocycles. The van der Waals surface area contributed by atoms with E-state index in [0.29, 0.717) is 35.8 Å². The molecule has 0 aliphatic heterocycles. The summed E-state index contributed by atoms with van der Waals surface area (Å²) < 4.78 is 5.44. The quantitative estimate of drug-likeness (QED) is 0.733. The van der Waals surface area contributed by atoms with Crippen LogP contribution in [-0.2, 0) is 9.59 Å². The Kier molecular flexibility index (Phi) is 7.56. The van der Waals surface area contributed by atoms with E-state index in [1.807, 2.05) is 13.8 Å². The lowest BCUT2D eigenvalue weighted by atomic mass is 10.2. The Balaban J connectivity index is 1.86. The number of benzene rings is 2. The average molecular weight is 383 g/mol. The maximum atomic E-state index is 12.3. The molecule has 7 heteroatoms. The van der Waals surface area contributed by atoms with Crippen molar-refractivity contribution >= 4 is 29.1 Å². The summed E-state index contributed by atoms with van der Waals surface area (Å²) in [7, 11) is 0. The van der Waals surface area contributed by atoms with Crippen LogP contribution in [-0.4, -0.2) is 42.3 Å². The van der Waals surface area contributed by atoms with Crippen LogP contribution in [0.5, 0.6) is 5.75 Å². The van der Waals surface area contributed by atoms with Crippen LogP contribution in [0.2, 0.25) is 0 Å². The third-order valence-electron chi connectivity index (χ3n) is 4.01. The number of hydrogen-bond donors (Lipinski definition) is 2. The standard InChI is InChI=1S/C21H25N3O4/c1-4-24(5-2)21(27)16-6-8-18(9-7-16)23-20(26)14-28-19-12-10-17(11-13-19)22-15(3)25/h6-13H,4-5,14H2,1-3H3,(H,22,25)(H,23,26). The van der Waals surface area contributed by atoms with Gasteiger partial charge in [-0.1, -0.05) is 0 Å². The first-order valence-corrected chi connectivity index (χ1v) is 9.12. The molecule has 3 amide bonds. The van der Waals surface area contributed by atoms with Crippen LogP contribution < -0.4 is 15.4 Å². The van der Waals surface area contributed by atoms with Gasteiger partial charge in [0.1, 0.15) is 5.75 Å². The predicted octanol–water partition coefficient (Wildman–Crippen LogP) is 3.14. The van der Waals surface area contributed by atoms with Crippen LogP contribution in [0, 0.1) is 0 Å². The predicted molar refractivity (Wildman–Crippen MR) is 109 cm³/mol. The lowest BCUT2D eigenvalue weighted by molar-refractivity contribution is -0.118. The van der Waals surface area contributed by atoms with Gasteiger partial charge in [-0.25, -0.2) is 0 Å². The third kappa shape index (κ3) is 6.12. The minimum Gasteiger partial charge on any atom is -0.484 e. The van der Waals surface area contributed by atoms with E-state index in [9.17, 15) is 14.4 Å². The van der Waals surface area contributed by atoms with E-state index in [-0.39, 0.29) is 24.3 Å². The first-order valence-electron chi connectivity index (χ1n) is 9.12. The third-order valence-corrected chi connectivity index (χ3v) is 4.01. The second-order valence-electron chi connectivity index (χ2n) is 6.10. The fourth-order valence-electron chi connectivity index (χ4n) is 2.57. The van der Waals surface area contributed by atoms with Crippen LogP contribution >= 0.6 is 0 Å². The summed E-state index contributed by atoms with van der Waals surface area (Å²) in [6.45, 7) is 6.45. The molecule has 0 aliphatic rings. The summed E-state index contributed by atoms with van der Waals surface area (Å²) in [6.07, 6.45) is 0. The van der Waals surface area contributed by atoms with Crippen molar-refractivity contribution in [2.45, 2.75) is 20.8 Å². The molecule has 0 saturated heterocycles. The van der Waals surface area contributed by atoms with Crippen molar-refractivity contribution < 1.29 is 19.1 Å². The molecule has 0 bridgehead atoms. The monoisotopic (exact) mass is 383 g/mol. The van der Waals surface area contributed by atoms with Crippen molar-refractivity contribution in [2.75, 3.05) is 30.3 Å². The number of nitrogens with zero attached hydrogens (tertiary/aromatic N) is 1. The van der Waals surface area contributed by atoms with Gasteiger partial charge in [0.25, 0.3) is 11.8 Å². The molecule has 0 unspecified atom stereocenters. The zero-order valence-electron chi connectivity index (χ0n) is 16.3. The molecule has 0 radical (unpaired) electrons. The first-order chi connectivity index (χ1) is 13.4. The van der Waals surface area contributed by atoms with E-state index in [0.717, 1.165) is 0 Å². The minimum atomic E-state index is -0.311. The van der Waals surface area contributed by atoms with Crippen LogP contribution in [0.15, 0.2) is 48.5 Å². The molecule has 0 spiro atoms. The molecule has 148 valence electrons. The highest BCUT2D eigenvalue weighted by molar-refractivity contribution is 5.96. The van der Waals surface area contributed by atoms with E-state index < -0.39 is 0 Å². The molecule has 2 aromatic carbocycles. The Labute approximate surface area is 164 Å². The van der Waals surface area contributed by atoms with Gasteiger partial charge in [0.2, 0.25) is 5.91 Å². The van der Waals surface area contributed by atoms with Crippen molar-refractivity contribution in [3.63, 3.8) is 0 Å². The topological polar surface area (TPSA) is 87.7 Å². The molecule has 2 aromatic rings. The highest BCUT2D eigenvalue weighted by Crippen LogP contribution is 2.16. The Morgan fingerprint density at radius 2 is 1.39 bits per heavy atom. The Morgan fingerprint density at radius 1 is 0.857 bits per heavy atom. The summed E-state index contributed by atoms with van der Waals surface area (Å²) in [4.78, 5) is 37.1. The normalized spacial score (nSPS) is 10.1. The molecule has 0 atom stereocenters. The minimum absolute atomic E-state index is 0.0334. The summed E-state index contributed by atoms with van der Waals surface area (Å²) in [5, 5.41) is 5.38. The number of rotatable bonds is 8. The lowest BCUT2D eigenvalue weighted by Gasteiger charge is -2.18. The van der Waals surface area contributed by atoms with Crippen molar-refractivity contribution in [3.8, 4) is 5.75 Å². The Morgan fingerprint density at radius 3 is 1.93 bits per heavy atom. The van der Waals surface area contributed by atoms with E-state index in [1.54, 1.807) is 53.4 Å². The van der Waals surface area contributed by atoms with E-state index >= 15 is 0 Å². The maximum absolute atomic E-state index is 12.3. The van der Waals surface area contributed by atoms with Gasteiger partial charge in [-0.05, 0) is 62.4 Å². The molecule has 0 aliphatic carbocycles. The number of anilines is 2. The van der Waals surface area contributed by atoms with E-state index in [4.69, 9.17) is 4.74 Å². The van der Waals surface area contributed by atoms with Gasteiger partial charge in [0, 0.05) is 37.0 Å². The maximum Gasteiger partial charge on any atom is 0.262 e. The van der Waals surface area contributed by atoms with E-state index in [2.05, 4.69) is 10.6 Å². The van der Waals surface area contributed by atoms with Gasteiger partial charge in [-0.15, -0.1) is 0 Å². The highest BCUT2D eigenvalue weighted by atomic mass is 16.5. The average Bonchev–Trinajstić information content (AvgIpc) is 2.68. The SMILES string of the molecule is CCN(CC)C(=O)c1ccc(NC(=O)COc2ccc(NC(C)=O)cc2)cc1. The van der Waals surface area contributed by atoms with Gasteiger partial charge in [0.15, 0.2) is 6.61 Å². The Hall–Kier alpha value is -3.35. The zero-order chi connectivity index (χ0) is 20.5. The number of amides is 3. The molecular formula is C21H25N3O4. The van der Waals surface area contributed by atoms with Gasteiger partial charge in [0.05, 0.1) is 0 Å². The molecule has 28 heavy (non-hydrogen) atoms. The first kappa shape index (κ1) is 21.0. The summed E-state index contributed by atoms with van der Waals surface area (Å²) >= 11 is 0. The van der Waals surface area contributed by atoms with Gasteiger partial charge in [-0.2, -0.15) is 0 Å². The Bertz CT molecular complexity index is 813. The second-order valence-corrected chi connectivity index (χ2v) is 6.10. The number of hydrogen-bond acceptors (Lipinski definition) is 4. The van der Waals surface area contributed by atoms with Crippen LogP contribution in [0.1, 0.15) is 31.1 Å². The number of ether oxygens (including phenoxy) is 1. The number of carbonyl (C=O) groups excluding carboxylic acids is 3. The largest absolute Gasteiger partial charge is 0.484 e. The molecule has 0 aromatic heterocycles. The number of carbonyl (C=O) groups is 3. The molecule has 2 N–H and O–H groups in total. The van der Waals surface area contributed by atoms with Crippen molar-refractivity contribution in [1.82, 2.24) is 4.90 Å². The van der Waals surface area contributed by atoms with Gasteiger partial charge < -0.3 is 20.3 Å². The fourth-order valence-corrected chi connectivity index (χ4v) is 2.57. The summed E-state index contributed by atoms with van der Waals surface area (Å²) in [5.41, 5.74) is 1.83. The molecule has 2 rings (SSSR count).